The summed E-state index contributed by atoms with van der Waals surface area (Å²) < 4.78 is 35.6. The van der Waals surface area contributed by atoms with Crippen molar-refractivity contribution in [3.8, 4) is 0 Å². The maximum absolute atomic E-state index is 13.1. The van der Waals surface area contributed by atoms with Gasteiger partial charge in [0.1, 0.15) is 11.6 Å². The lowest BCUT2D eigenvalue weighted by Gasteiger charge is -2.05. The molecule has 0 unspecified atom stereocenters. The molecule has 0 saturated heterocycles. The Labute approximate surface area is 141 Å². The fourth-order valence-electron chi connectivity index (χ4n) is 2.40. The molecule has 0 spiro atoms. The first-order valence-electron chi connectivity index (χ1n) is 7.18. The van der Waals surface area contributed by atoms with E-state index >= 15 is 0 Å². The number of aromatic amines is 1. The minimum Gasteiger partial charge on any atom is -0.465 e. The number of Topliss-reactive ketones (excluding diaryl/α,β-unsaturated/α-hetero) is 1. The molecule has 132 valence electrons. The van der Waals surface area contributed by atoms with Crippen molar-refractivity contribution in [1.82, 2.24) is 4.98 Å². The van der Waals surface area contributed by atoms with E-state index in [1.807, 2.05) is 0 Å². The van der Waals surface area contributed by atoms with Crippen LogP contribution in [0.2, 0.25) is 0 Å². The van der Waals surface area contributed by atoms with Gasteiger partial charge in [-0.1, -0.05) is 0 Å². The van der Waals surface area contributed by atoms with Crippen LogP contribution in [0.4, 0.5) is 8.78 Å². The van der Waals surface area contributed by atoms with E-state index in [1.54, 1.807) is 13.8 Å². The van der Waals surface area contributed by atoms with Gasteiger partial charge in [-0.15, -0.1) is 0 Å². The molecule has 1 heterocycles. The van der Waals surface area contributed by atoms with Gasteiger partial charge in [-0.3, -0.25) is 4.79 Å². The molecule has 6 nitrogen and oxygen atoms in total. The van der Waals surface area contributed by atoms with Gasteiger partial charge in [0.25, 0.3) is 0 Å². The van der Waals surface area contributed by atoms with Gasteiger partial charge in [-0.2, -0.15) is 0 Å². The van der Waals surface area contributed by atoms with Gasteiger partial charge < -0.3 is 14.5 Å². The summed E-state index contributed by atoms with van der Waals surface area (Å²) in [5, 5.41) is 0. The first kappa shape index (κ1) is 18.3. The third-order valence-electron chi connectivity index (χ3n) is 3.54. The second kappa shape index (κ2) is 7.25. The first-order valence-corrected chi connectivity index (χ1v) is 7.18. The molecule has 0 fully saturated rings. The Kier molecular flexibility index (Phi) is 5.31. The quantitative estimate of drug-likeness (QED) is 0.661. The lowest BCUT2D eigenvalue weighted by molar-refractivity contribution is 0.0472. The average molecular weight is 351 g/mol. The van der Waals surface area contributed by atoms with Gasteiger partial charge in [0.15, 0.2) is 6.61 Å². The highest BCUT2D eigenvalue weighted by Crippen LogP contribution is 2.19. The summed E-state index contributed by atoms with van der Waals surface area (Å²) in [6.07, 6.45) is 0. The molecule has 1 aromatic heterocycles. The minimum atomic E-state index is -1.04. The van der Waals surface area contributed by atoms with Crippen LogP contribution in [0.15, 0.2) is 18.2 Å². The Morgan fingerprint density at radius 2 is 1.64 bits per heavy atom. The molecule has 0 radical (unpaired) electrons. The first-order chi connectivity index (χ1) is 11.7. The normalized spacial score (nSPS) is 10.4. The molecule has 8 heteroatoms. The third-order valence-corrected chi connectivity index (χ3v) is 3.54. The molecular formula is C17H15F2NO5. The molecule has 0 aliphatic heterocycles. The summed E-state index contributed by atoms with van der Waals surface area (Å²) in [6, 6.07) is 2.21. The Morgan fingerprint density at radius 3 is 2.20 bits per heavy atom. The number of carbonyl (C=O) groups excluding carboxylic acids is 3. The molecule has 0 saturated carbocycles. The van der Waals surface area contributed by atoms with E-state index in [2.05, 4.69) is 9.72 Å². The fourth-order valence-corrected chi connectivity index (χ4v) is 2.40. The van der Waals surface area contributed by atoms with Gasteiger partial charge in [0.2, 0.25) is 5.78 Å². The highest BCUT2D eigenvalue weighted by molar-refractivity contribution is 6.03. The average Bonchev–Trinajstić information content (AvgIpc) is 2.85. The number of benzene rings is 1. The number of nitrogens with one attached hydrogen (secondary N) is 1. The lowest BCUT2D eigenvalue weighted by Crippen LogP contribution is -2.16. The maximum atomic E-state index is 13.1. The van der Waals surface area contributed by atoms with Gasteiger partial charge in [0.05, 0.1) is 23.9 Å². The summed E-state index contributed by atoms with van der Waals surface area (Å²) >= 11 is 0. The zero-order valence-corrected chi connectivity index (χ0v) is 13.7. The summed E-state index contributed by atoms with van der Waals surface area (Å²) in [5.41, 5.74) is 0.772. The smallest absolute Gasteiger partial charge is 0.339 e. The lowest BCUT2D eigenvalue weighted by atomic mass is 10.1. The van der Waals surface area contributed by atoms with Crippen molar-refractivity contribution in [2.45, 2.75) is 13.8 Å². The molecular weight excluding hydrogens is 336 g/mol. The molecule has 1 aromatic carbocycles. The molecule has 0 bridgehead atoms. The van der Waals surface area contributed by atoms with Crippen molar-refractivity contribution in [3.05, 3.63) is 57.9 Å². The van der Waals surface area contributed by atoms with Gasteiger partial charge in [0, 0.05) is 11.8 Å². The summed E-state index contributed by atoms with van der Waals surface area (Å²) in [4.78, 5) is 38.5. The van der Waals surface area contributed by atoms with Crippen molar-refractivity contribution in [2.24, 2.45) is 0 Å². The predicted octanol–water partition coefficient (Wildman–Crippen LogP) is 2.74. The molecule has 1 N–H and O–H groups in total. The number of aryl methyl sites for hydroxylation is 1. The van der Waals surface area contributed by atoms with Crippen molar-refractivity contribution in [2.75, 3.05) is 13.7 Å². The number of H-pyrrole nitrogens is 1. The number of halogens is 2. The summed E-state index contributed by atoms with van der Waals surface area (Å²) in [5.74, 6) is -4.10. The third kappa shape index (κ3) is 3.90. The monoisotopic (exact) mass is 351 g/mol. The van der Waals surface area contributed by atoms with Crippen LogP contribution in [0.1, 0.15) is 42.5 Å². The number of carbonyl (C=O) groups is 3. The van der Waals surface area contributed by atoms with Crippen LogP contribution in [0, 0.1) is 25.5 Å². The number of hydrogen-bond acceptors (Lipinski definition) is 5. The maximum Gasteiger partial charge on any atom is 0.339 e. The van der Waals surface area contributed by atoms with Crippen LogP contribution in [-0.4, -0.2) is 36.4 Å². The molecule has 0 atom stereocenters. The predicted molar refractivity (Wildman–Crippen MR) is 82.6 cm³/mol. The molecule has 0 amide bonds. The van der Waals surface area contributed by atoms with Crippen LogP contribution in [0.5, 0.6) is 0 Å². The van der Waals surface area contributed by atoms with Crippen LogP contribution < -0.4 is 0 Å². The van der Waals surface area contributed by atoms with Crippen LogP contribution in [0.25, 0.3) is 0 Å². The number of ketones is 1. The Hall–Kier alpha value is -3.03. The van der Waals surface area contributed by atoms with Crippen molar-refractivity contribution in [1.29, 1.82) is 0 Å². The standard InChI is InChI=1S/C17H15F2NO5/c1-8-14(17(23)24-3)9(2)20-15(8)13(21)7-25-16(22)10-4-11(18)6-12(19)5-10/h4-6,20H,7H2,1-3H3. The Balaban J connectivity index is 2.13. The van der Waals surface area contributed by atoms with Crippen LogP contribution in [-0.2, 0) is 9.47 Å². The summed E-state index contributed by atoms with van der Waals surface area (Å²) in [7, 11) is 1.22. The van der Waals surface area contributed by atoms with Crippen molar-refractivity contribution >= 4 is 17.7 Å². The molecule has 0 aliphatic rings. The number of methoxy groups -OCH3 is 1. The number of ether oxygens (including phenoxy) is 2. The van der Waals surface area contributed by atoms with E-state index in [0.717, 1.165) is 12.1 Å². The number of esters is 2. The van der Waals surface area contributed by atoms with E-state index in [-0.39, 0.29) is 16.8 Å². The minimum absolute atomic E-state index is 0.0936. The number of rotatable bonds is 5. The molecule has 2 rings (SSSR count). The zero-order chi connectivity index (χ0) is 18.7. The van der Waals surface area contributed by atoms with Crippen molar-refractivity contribution in [3.63, 3.8) is 0 Å². The van der Waals surface area contributed by atoms with Crippen LogP contribution >= 0.6 is 0 Å². The van der Waals surface area contributed by atoms with E-state index in [0.29, 0.717) is 17.3 Å². The summed E-state index contributed by atoms with van der Waals surface area (Å²) in [6.45, 7) is 2.49. The van der Waals surface area contributed by atoms with Crippen LogP contribution in [0.3, 0.4) is 0 Å². The van der Waals surface area contributed by atoms with E-state index in [1.165, 1.54) is 7.11 Å². The Bertz CT molecular complexity index is 837. The SMILES string of the molecule is COC(=O)c1c(C)[nH]c(C(=O)COC(=O)c2cc(F)cc(F)c2)c1C. The van der Waals surface area contributed by atoms with Crippen molar-refractivity contribution < 1.29 is 32.6 Å². The molecule has 25 heavy (non-hydrogen) atoms. The Morgan fingerprint density at radius 1 is 1.04 bits per heavy atom. The molecule has 0 aliphatic carbocycles. The van der Waals surface area contributed by atoms with Gasteiger partial charge in [-0.05, 0) is 31.5 Å². The number of aromatic nitrogens is 1. The zero-order valence-electron chi connectivity index (χ0n) is 13.7. The van der Waals surface area contributed by atoms with E-state index in [9.17, 15) is 23.2 Å². The number of hydrogen-bond donors (Lipinski definition) is 1. The second-order valence-corrected chi connectivity index (χ2v) is 5.27. The highest BCUT2D eigenvalue weighted by Gasteiger charge is 2.23. The van der Waals surface area contributed by atoms with Gasteiger partial charge in [-0.25, -0.2) is 18.4 Å². The van der Waals surface area contributed by atoms with E-state index in [4.69, 9.17) is 4.74 Å². The molecule has 2 aromatic rings. The van der Waals surface area contributed by atoms with Gasteiger partial charge >= 0.3 is 11.9 Å². The fraction of sp³-hybridized carbons (Fsp3) is 0.235. The second-order valence-electron chi connectivity index (χ2n) is 5.27. The topological polar surface area (TPSA) is 85.5 Å². The van der Waals surface area contributed by atoms with E-state index < -0.39 is 36.0 Å². The highest BCUT2D eigenvalue weighted by atomic mass is 19.1. The largest absolute Gasteiger partial charge is 0.465 e.